The summed E-state index contributed by atoms with van der Waals surface area (Å²) in [5, 5.41) is 2.59. The van der Waals surface area contributed by atoms with E-state index in [9.17, 15) is 9.59 Å². The number of benzene rings is 2. The van der Waals surface area contributed by atoms with Crippen molar-refractivity contribution in [3.05, 3.63) is 60.7 Å². The van der Waals surface area contributed by atoms with Gasteiger partial charge in [0, 0.05) is 13.1 Å². The number of para-hydroxylation sites is 2. The summed E-state index contributed by atoms with van der Waals surface area (Å²) in [6, 6.07) is 17.5. The first kappa shape index (κ1) is 15.9. The van der Waals surface area contributed by atoms with Crippen LogP contribution >= 0.6 is 0 Å². The van der Waals surface area contributed by atoms with Crippen LogP contribution in [0.5, 0.6) is 11.5 Å². The SMILES string of the molecule is O=C(Oc1ccccc1)N1CCCCN1C(=O)Oc1ccccc1. The summed E-state index contributed by atoms with van der Waals surface area (Å²) >= 11 is 0. The number of hydrogen-bond donors (Lipinski definition) is 0. The lowest BCUT2D eigenvalue weighted by molar-refractivity contribution is -0.0107. The van der Waals surface area contributed by atoms with Gasteiger partial charge in [-0.3, -0.25) is 0 Å². The van der Waals surface area contributed by atoms with Crippen LogP contribution in [0.25, 0.3) is 0 Å². The lowest BCUT2D eigenvalue weighted by Gasteiger charge is -2.36. The van der Waals surface area contributed by atoms with E-state index in [0.29, 0.717) is 24.6 Å². The molecule has 6 nitrogen and oxygen atoms in total. The molecule has 124 valence electrons. The third-order valence-electron chi connectivity index (χ3n) is 3.60. The maximum atomic E-state index is 12.4. The fourth-order valence-electron chi connectivity index (χ4n) is 2.43. The molecule has 0 N–H and O–H groups in total. The molecule has 1 fully saturated rings. The quantitative estimate of drug-likeness (QED) is 0.844. The average molecular weight is 326 g/mol. The van der Waals surface area contributed by atoms with Gasteiger partial charge in [-0.2, -0.15) is 0 Å². The first-order valence-electron chi connectivity index (χ1n) is 7.83. The zero-order valence-corrected chi connectivity index (χ0v) is 13.1. The number of nitrogens with zero attached hydrogens (tertiary/aromatic N) is 2. The minimum Gasteiger partial charge on any atom is -0.409 e. The highest BCUT2D eigenvalue weighted by molar-refractivity contribution is 5.77. The summed E-state index contributed by atoms with van der Waals surface area (Å²) in [7, 11) is 0. The molecule has 0 aliphatic carbocycles. The third-order valence-corrected chi connectivity index (χ3v) is 3.60. The van der Waals surface area contributed by atoms with E-state index >= 15 is 0 Å². The van der Waals surface area contributed by atoms with E-state index in [1.54, 1.807) is 48.5 Å². The first-order valence-corrected chi connectivity index (χ1v) is 7.83. The summed E-state index contributed by atoms with van der Waals surface area (Å²) in [6.45, 7) is 0.825. The van der Waals surface area contributed by atoms with Gasteiger partial charge in [0.1, 0.15) is 11.5 Å². The van der Waals surface area contributed by atoms with E-state index in [-0.39, 0.29) is 0 Å². The maximum absolute atomic E-state index is 12.4. The summed E-state index contributed by atoms with van der Waals surface area (Å²) in [4.78, 5) is 24.8. The Labute approximate surface area is 140 Å². The number of amides is 2. The van der Waals surface area contributed by atoms with Gasteiger partial charge in [-0.1, -0.05) is 36.4 Å². The van der Waals surface area contributed by atoms with Gasteiger partial charge in [0.05, 0.1) is 0 Å². The summed E-state index contributed by atoms with van der Waals surface area (Å²) in [5.41, 5.74) is 0. The predicted molar refractivity (Wildman–Crippen MR) is 87.6 cm³/mol. The Balaban J connectivity index is 1.68. The van der Waals surface area contributed by atoms with Crippen molar-refractivity contribution in [3.63, 3.8) is 0 Å². The van der Waals surface area contributed by atoms with Crippen molar-refractivity contribution in [2.45, 2.75) is 12.8 Å². The van der Waals surface area contributed by atoms with Crippen LogP contribution in [-0.2, 0) is 0 Å². The Hall–Kier alpha value is -3.02. The van der Waals surface area contributed by atoms with Crippen LogP contribution < -0.4 is 9.47 Å². The molecule has 0 aromatic heterocycles. The number of carbonyl (C=O) groups excluding carboxylic acids is 2. The summed E-state index contributed by atoms with van der Waals surface area (Å²) < 4.78 is 10.6. The molecule has 1 heterocycles. The van der Waals surface area contributed by atoms with Crippen molar-refractivity contribution in [3.8, 4) is 11.5 Å². The molecular weight excluding hydrogens is 308 g/mol. The van der Waals surface area contributed by atoms with E-state index in [4.69, 9.17) is 9.47 Å². The van der Waals surface area contributed by atoms with E-state index in [0.717, 1.165) is 12.8 Å². The Morgan fingerprint density at radius 2 is 1.04 bits per heavy atom. The second-order valence-corrected chi connectivity index (χ2v) is 5.32. The van der Waals surface area contributed by atoms with Crippen LogP contribution in [-0.4, -0.2) is 35.3 Å². The molecule has 1 saturated heterocycles. The first-order chi connectivity index (χ1) is 11.7. The monoisotopic (exact) mass is 326 g/mol. The smallest absolute Gasteiger partial charge is 0.409 e. The molecule has 1 aliphatic rings. The lowest BCUT2D eigenvalue weighted by Crippen LogP contribution is -2.54. The molecule has 2 amide bonds. The average Bonchev–Trinajstić information content (AvgIpc) is 2.63. The fraction of sp³-hybridized carbons (Fsp3) is 0.222. The molecule has 24 heavy (non-hydrogen) atoms. The predicted octanol–water partition coefficient (Wildman–Crippen LogP) is 3.70. The topological polar surface area (TPSA) is 59.1 Å². The third kappa shape index (κ3) is 3.84. The molecule has 0 saturated carbocycles. The van der Waals surface area contributed by atoms with Crippen LogP contribution in [0.1, 0.15) is 12.8 Å². The van der Waals surface area contributed by atoms with Crippen LogP contribution in [0.2, 0.25) is 0 Å². The number of ether oxygens (including phenoxy) is 2. The molecule has 2 aromatic rings. The van der Waals surface area contributed by atoms with Gasteiger partial charge >= 0.3 is 12.2 Å². The van der Waals surface area contributed by atoms with Crippen molar-refractivity contribution < 1.29 is 19.1 Å². The molecule has 0 unspecified atom stereocenters. The van der Waals surface area contributed by atoms with Crippen LogP contribution in [0.4, 0.5) is 9.59 Å². The molecular formula is C18H18N2O4. The van der Waals surface area contributed by atoms with E-state index < -0.39 is 12.2 Å². The Morgan fingerprint density at radius 3 is 1.42 bits per heavy atom. The van der Waals surface area contributed by atoms with Crippen LogP contribution in [0.15, 0.2) is 60.7 Å². The van der Waals surface area contributed by atoms with E-state index in [1.165, 1.54) is 10.0 Å². The Bertz CT molecular complexity index is 629. The molecule has 3 rings (SSSR count). The summed E-state index contributed by atoms with van der Waals surface area (Å²) in [6.07, 6.45) is 0.426. The molecule has 0 atom stereocenters. The standard InChI is InChI=1S/C18H18N2O4/c21-17(23-15-9-3-1-4-10-15)19-13-7-8-14-20(19)18(22)24-16-11-5-2-6-12-16/h1-6,9-12H,7-8,13-14H2. The highest BCUT2D eigenvalue weighted by Crippen LogP contribution is 2.18. The molecule has 2 aromatic carbocycles. The van der Waals surface area contributed by atoms with Crippen molar-refractivity contribution in [2.75, 3.05) is 13.1 Å². The van der Waals surface area contributed by atoms with Gasteiger partial charge in [0.25, 0.3) is 0 Å². The molecule has 6 heteroatoms. The number of rotatable bonds is 2. The zero-order chi connectivity index (χ0) is 16.8. The number of hydrazine groups is 1. The van der Waals surface area contributed by atoms with Crippen LogP contribution in [0.3, 0.4) is 0 Å². The van der Waals surface area contributed by atoms with Gasteiger partial charge in [-0.15, -0.1) is 0 Å². The molecule has 1 aliphatic heterocycles. The van der Waals surface area contributed by atoms with Crippen molar-refractivity contribution in [1.82, 2.24) is 10.0 Å². The minimum absolute atomic E-state index is 0.412. The normalized spacial score (nSPS) is 14.2. The molecule has 0 bridgehead atoms. The minimum atomic E-state index is -0.592. The Kier molecular flexibility index (Phi) is 4.96. The highest BCUT2D eigenvalue weighted by atomic mass is 16.6. The maximum Gasteiger partial charge on any atom is 0.434 e. The van der Waals surface area contributed by atoms with Crippen molar-refractivity contribution in [2.24, 2.45) is 0 Å². The fourth-order valence-corrected chi connectivity index (χ4v) is 2.43. The molecule has 0 spiro atoms. The van der Waals surface area contributed by atoms with E-state index in [2.05, 4.69) is 0 Å². The zero-order valence-electron chi connectivity index (χ0n) is 13.1. The van der Waals surface area contributed by atoms with Crippen molar-refractivity contribution >= 4 is 12.2 Å². The summed E-state index contributed by atoms with van der Waals surface area (Å²) in [5.74, 6) is 0.869. The number of hydrogen-bond acceptors (Lipinski definition) is 4. The molecule has 0 radical (unpaired) electrons. The highest BCUT2D eigenvalue weighted by Gasteiger charge is 2.31. The van der Waals surface area contributed by atoms with Gasteiger partial charge in [-0.25, -0.2) is 19.6 Å². The number of carbonyl (C=O) groups is 2. The largest absolute Gasteiger partial charge is 0.434 e. The van der Waals surface area contributed by atoms with E-state index in [1.807, 2.05) is 12.1 Å². The van der Waals surface area contributed by atoms with Gasteiger partial charge < -0.3 is 9.47 Å². The van der Waals surface area contributed by atoms with Gasteiger partial charge in [0.15, 0.2) is 0 Å². The second kappa shape index (κ2) is 7.50. The second-order valence-electron chi connectivity index (χ2n) is 5.32. The van der Waals surface area contributed by atoms with Crippen molar-refractivity contribution in [1.29, 1.82) is 0 Å². The van der Waals surface area contributed by atoms with Gasteiger partial charge in [0.2, 0.25) is 0 Å². The lowest BCUT2D eigenvalue weighted by atomic mass is 10.2. The van der Waals surface area contributed by atoms with Gasteiger partial charge in [-0.05, 0) is 37.1 Å². The van der Waals surface area contributed by atoms with Crippen LogP contribution in [0, 0.1) is 0 Å². The Morgan fingerprint density at radius 1 is 0.667 bits per heavy atom.